The number of benzene rings is 3. The Morgan fingerprint density at radius 1 is 1.05 bits per heavy atom. The molecule has 1 heterocycles. The number of carbonyl (C=O) groups excluding carboxylic acids is 2. The largest absolute Gasteiger partial charge is 0.496 e. The van der Waals surface area contributed by atoms with Crippen molar-refractivity contribution < 1.29 is 27.8 Å². The van der Waals surface area contributed by atoms with E-state index in [1.54, 1.807) is 64.1 Å². The fourth-order valence-corrected chi connectivity index (χ4v) is 5.50. The number of sulfonamides is 1. The quantitative estimate of drug-likeness (QED) is 0.364. The molecule has 40 heavy (non-hydrogen) atoms. The van der Waals surface area contributed by atoms with E-state index in [1.807, 2.05) is 6.92 Å². The van der Waals surface area contributed by atoms with Gasteiger partial charge in [-0.1, -0.05) is 29.8 Å². The predicted octanol–water partition coefficient (Wildman–Crippen LogP) is 2.62. The minimum atomic E-state index is -4.18. The second-order valence-corrected chi connectivity index (χ2v) is 12.2. The molecule has 0 atom stereocenters. The Hall–Kier alpha value is -4.16. The van der Waals surface area contributed by atoms with E-state index in [1.165, 1.54) is 42.6 Å². The lowest BCUT2D eigenvalue weighted by Crippen LogP contribution is -2.56. The molecule has 0 bridgehead atoms. The fraction of sp³-hybridized carbons (Fsp3) is 0.250. The maximum atomic E-state index is 13.7. The molecular weight excluding hydrogens is 531 g/mol. The van der Waals surface area contributed by atoms with E-state index in [4.69, 9.17) is 4.74 Å². The van der Waals surface area contributed by atoms with Crippen LogP contribution in [0, 0.1) is 13.8 Å². The van der Waals surface area contributed by atoms with Crippen molar-refractivity contribution in [3.8, 4) is 5.75 Å². The summed E-state index contributed by atoms with van der Waals surface area (Å²) in [7, 11) is -4.34. The molecule has 10 nitrogen and oxygen atoms in total. The van der Waals surface area contributed by atoms with Crippen LogP contribution in [-0.2, 0) is 10.0 Å². The summed E-state index contributed by atoms with van der Waals surface area (Å²) in [6.07, 6.45) is 1.32. The van der Waals surface area contributed by atoms with Crippen LogP contribution in [0.5, 0.6) is 5.75 Å². The molecule has 0 spiro atoms. The number of amides is 2. The van der Waals surface area contributed by atoms with Gasteiger partial charge in [0.15, 0.2) is 0 Å². The molecule has 2 amide bonds. The number of ether oxygens (including phenoxy) is 1. The molecule has 0 fully saturated rings. The summed E-state index contributed by atoms with van der Waals surface area (Å²) in [6.45, 7) is 8.87. The number of hydrazine groups is 1. The van der Waals surface area contributed by atoms with Crippen LogP contribution < -0.4 is 15.6 Å². The molecule has 0 saturated carbocycles. The second-order valence-electron chi connectivity index (χ2n) is 10.4. The summed E-state index contributed by atoms with van der Waals surface area (Å²) in [5.74, 6) is -0.510. The molecular formula is C28H31BN4O6S. The minimum absolute atomic E-state index is 0.0283. The number of rotatable bonds is 5. The van der Waals surface area contributed by atoms with E-state index >= 15 is 0 Å². The van der Waals surface area contributed by atoms with E-state index < -0.39 is 34.4 Å². The molecule has 0 unspecified atom stereocenters. The highest BCUT2D eigenvalue weighted by molar-refractivity contribution is 7.90. The molecule has 12 heteroatoms. The van der Waals surface area contributed by atoms with Crippen LogP contribution in [-0.4, -0.2) is 60.5 Å². The van der Waals surface area contributed by atoms with Crippen molar-refractivity contribution in [2.45, 2.75) is 45.1 Å². The number of carbonyl (C=O) groups is 2. The highest BCUT2D eigenvalue weighted by atomic mass is 32.2. The number of hydrazone groups is 1. The monoisotopic (exact) mass is 562 g/mol. The van der Waals surface area contributed by atoms with Crippen molar-refractivity contribution >= 4 is 40.6 Å². The average molecular weight is 562 g/mol. The molecule has 1 aliphatic rings. The van der Waals surface area contributed by atoms with Crippen LogP contribution in [0.25, 0.3) is 0 Å². The zero-order valence-electron chi connectivity index (χ0n) is 23.2. The number of nitrogens with zero attached hydrogens (tertiary/aromatic N) is 3. The van der Waals surface area contributed by atoms with Crippen LogP contribution in [0.1, 0.15) is 58.2 Å². The van der Waals surface area contributed by atoms with Crippen molar-refractivity contribution in [2.75, 3.05) is 7.11 Å². The van der Waals surface area contributed by atoms with Crippen LogP contribution >= 0.6 is 0 Å². The number of nitrogens with one attached hydrogen (secondary N) is 1. The molecule has 3 aromatic rings. The van der Waals surface area contributed by atoms with E-state index in [9.17, 15) is 23.0 Å². The van der Waals surface area contributed by atoms with Gasteiger partial charge in [0.1, 0.15) is 5.75 Å². The summed E-state index contributed by atoms with van der Waals surface area (Å²) in [4.78, 5) is 26.9. The first-order chi connectivity index (χ1) is 18.8. The van der Waals surface area contributed by atoms with Crippen LogP contribution in [0.2, 0.25) is 0 Å². The number of methoxy groups -OCH3 is 1. The molecule has 2 N–H and O–H groups in total. The normalized spacial score (nSPS) is 13.1. The minimum Gasteiger partial charge on any atom is -0.496 e. The smallest absolute Gasteiger partial charge is 0.484 e. The Morgan fingerprint density at radius 3 is 2.35 bits per heavy atom. The summed E-state index contributed by atoms with van der Waals surface area (Å²) in [5, 5.41) is 16.3. The summed E-state index contributed by atoms with van der Waals surface area (Å²) >= 11 is 0. The summed E-state index contributed by atoms with van der Waals surface area (Å²) < 4.78 is 32.4. The van der Waals surface area contributed by atoms with Gasteiger partial charge in [-0.2, -0.15) is 9.43 Å². The third-order valence-corrected chi connectivity index (χ3v) is 8.19. The molecule has 3 aromatic carbocycles. The Morgan fingerprint density at radius 2 is 1.73 bits per heavy atom. The average Bonchev–Trinajstić information content (AvgIpc) is 2.91. The van der Waals surface area contributed by atoms with E-state index in [0.29, 0.717) is 26.8 Å². The third-order valence-electron chi connectivity index (χ3n) is 6.53. The lowest BCUT2D eigenvalue weighted by molar-refractivity contribution is 0.0358. The standard InChI is InChI=1S/C28H31BN4O6S/c1-18-10-14-22(15-11-18)40(37,38)33-29(36)24-16-20(12-13-21(24)17-30-33)27(35)32(28(3,4)5)31-26(34)23-8-7-9-25(39-6)19(23)2/h7-17,36H,1-6H3,(H,31,34). The zero-order valence-corrected chi connectivity index (χ0v) is 24.0. The Labute approximate surface area is 234 Å². The number of aryl methyl sites for hydroxylation is 1. The number of fused-ring (bicyclic) bond motifs is 1. The van der Waals surface area contributed by atoms with Crippen molar-refractivity contribution in [1.82, 2.24) is 14.8 Å². The maximum Gasteiger partial charge on any atom is 0.484 e. The molecule has 208 valence electrons. The van der Waals surface area contributed by atoms with Gasteiger partial charge < -0.3 is 9.76 Å². The van der Waals surface area contributed by atoms with Crippen molar-refractivity contribution in [3.63, 3.8) is 0 Å². The lowest BCUT2D eigenvalue weighted by Gasteiger charge is -2.36. The first-order valence-electron chi connectivity index (χ1n) is 12.5. The number of hydrogen-bond donors (Lipinski definition) is 2. The van der Waals surface area contributed by atoms with Crippen LogP contribution in [0.3, 0.4) is 0 Å². The Balaban J connectivity index is 1.65. The first-order valence-corrected chi connectivity index (χ1v) is 14.0. The second kappa shape index (κ2) is 10.8. The van der Waals surface area contributed by atoms with Crippen molar-refractivity contribution in [2.24, 2.45) is 5.10 Å². The molecule has 0 aliphatic carbocycles. The van der Waals surface area contributed by atoms with Gasteiger partial charge in [-0.25, -0.2) is 13.4 Å². The van der Waals surface area contributed by atoms with E-state index in [0.717, 1.165) is 5.56 Å². The zero-order chi connectivity index (χ0) is 29.4. The van der Waals surface area contributed by atoms with Crippen LogP contribution in [0.15, 0.2) is 70.7 Å². The topological polar surface area (TPSA) is 129 Å². The van der Waals surface area contributed by atoms with Gasteiger partial charge in [0.25, 0.3) is 21.8 Å². The lowest BCUT2D eigenvalue weighted by atomic mass is 9.71. The van der Waals surface area contributed by atoms with E-state index in [-0.39, 0.29) is 15.9 Å². The molecule has 0 aromatic heterocycles. The molecule has 0 radical (unpaired) electrons. The first kappa shape index (κ1) is 28.8. The molecule has 4 rings (SSSR count). The highest BCUT2D eigenvalue weighted by Gasteiger charge is 2.39. The molecule has 0 saturated heterocycles. The van der Waals surface area contributed by atoms with Gasteiger partial charge >= 0.3 is 7.05 Å². The predicted molar refractivity (Wildman–Crippen MR) is 153 cm³/mol. The van der Waals surface area contributed by atoms with Gasteiger partial charge in [-0.05, 0) is 82.0 Å². The maximum absolute atomic E-state index is 13.7. The SMILES string of the molecule is COc1cccc(C(=O)NN(C(=O)c2ccc3c(c2)B(O)N(S(=O)(=O)c2ccc(C)cc2)N=C3)C(C)(C)C)c1C. The Bertz CT molecular complexity index is 1600. The molecule has 1 aliphatic heterocycles. The van der Waals surface area contributed by atoms with Gasteiger partial charge in [-0.15, -0.1) is 0 Å². The van der Waals surface area contributed by atoms with Gasteiger partial charge in [0.05, 0.1) is 23.8 Å². The van der Waals surface area contributed by atoms with Crippen molar-refractivity contribution in [3.05, 3.63) is 88.5 Å². The third kappa shape index (κ3) is 5.45. The Kier molecular flexibility index (Phi) is 7.77. The van der Waals surface area contributed by atoms with Gasteiger partial charge in [0.2, 0.25) is 0 Å². The van der Waals surface area contributed by atoms with E-state index in [2.05, 4.69) is 10.5 Å². The fourth-order valence-electron chi connectivity index (χ4n) is 4.26. The highest BCUT2D eigenvalue weighted by Crippen LogP contribution is 2.23. The van der Waals surface area contributed by atoms with Crippen LogP contribution in [0.4, 0.5) is 0 Å². The van der Waals surface area contributed by atoms with Crippen molar-refractivity contribution in [1.29, 1.82) is 0 Å². The van der Waals surface area contributed by atoms with Gasteiger partial charge in [0, 0.05) is 16.7 Å². The summed E-state index contributed by atoms with van der Waals surface area (Å²) in [6, 6.07) is 15.8. The number of hydrogen-bond acceptors (Lipinski definition) is 7. The summed E-state index contributed by atoms with van der Waals surface area (Å²) in [5.41, 5.74) is 4.49. The van der Waals surface area contributed by atoms with Gasteiger partial charge in [-0.3, -0.25) is 15.0 Å².